The second-order valence-corrected chi connectivity index (χ2v) is 7.85. The zero-order chi connectivity index (χ0) is 17.4. The molecule has 0 aliphatic heterocycles. The highest BCUT2D eigenvalue weighted by atomic mass is 32.1. The molecule has 0 bridgehead atoms. The molecule has 5 heteroatoms. The Labute approximate surface area is 149 Å². The minimum atomic E-state index is 0.158. The molecule has 1 aromatic carbocycles. The van der Waals surface area contributed by atoms with Gasteiger partial charge in [-0.25, -0.2) is 4.98 Å². The van der Waals surface area contributed by atoms with Gasteiger partial charge in [0, 0.05) is 31.9 Å². The molecule has 0 aliphatic rings. The van der Waals surface area contributed by atoms with Gasteiger partial charge in [0.2, 0.25) is 0 Å². The van der Waals surface area contributed by atoms with Crippen LogP contribution in [-0.2, 0) is 12.8 Å². The Morgan fingerprint density at radius 2 is 1.96 bits per heavy atom. The van der Waals surface area contributed by atoms with E-state index in [-0.39, 0.29) is 5.41 Å². The van der Waals surface area contributed by atoms with Gasteiger partial charge in [-0.3, -0.25) is 4.99 Å². The molecule has 24 heavy (non-hydrogen) atoms. The van der Waals surface area contributed by atoms with Crippen LogP contribution in [0.1, 0.15) is 30.1 Å². The van der Waals surface area contributed by atoms with E-state index in [1.165, 1.54) is 5.56 Å². The van der Waals surface area contributed by atoms with Gasteiger partial charge in [0.05, 0.1) is 10.7 Å². The average molecular weight is 345 g/mol. The molecule has 2 rings (SSSR count). The Balaban J connectivity index is 1.75. The van der Waals surface area contributed by atoms with Gasteiger partial charge < -0.3 is 10.6 Å². The number of aryl methyl sites for hydroxylation is 1. The number of rotatable bonds is 7. The number of benzene rings is 1. The summed E-state index contributed by atoms with van der Waals surface area (Å²) in [6.07, 6.45) is 1.95. The Morgan fingerprint density at radius 3 is 2.58 bits per heavy atom. The summed E-state index contributed by atoms with van der Waals surface area (Å²) in [6, 6.07) is 10.6. The summed E-state index contributed by atoms with van der Waals surface area (Å²) < 4.78 is 0. The van der Waals surface area contributed by atoms with Crippen molar-refractivity contribution in [2.45, 2.75) is 33.6 Å². The van der Waals surface area contributed by atoms with E-state index in [0.717, 1.165) is 42.6 Å². The zero-order valence-electron chi connectivity index (χ0n) is 15.1. The molecule has 2 N–H and O–H groups in total. The standard InChI is InChI=1S/C19H28N4S/c1-15-23-17(13-24-15)10-11-21-18(20-4)22-14-19(2,3)12-16-8-6-5-7-9-16/h5-9,13H,10-12,14H2,1-4H3,(H2,20,21,22). The maximum atomic E-state index is 4.48. The fourth-order valence-electron chi connectivity index (χ4n) is 2.59. The first-order valence-corrected chi connectivity index (χ1v) is 9.26. The van der Waals surface area contributed by atoms with Gasteiger partial charge in [-0.1, -0.05) is 44.2 Å². The number of aliphatic imine (C=N–C) groups is 1. The van der Waals surface area contributed by atoms with Gasteiger partial charge in [-0.05, 0) is 24.3 Å². The molecule has 0 saturated heterocycles. The molecule has 1 aromatic heterocycles. The number of nitrogens with zero attached hydrogens (tertiary/aromatic N) is 2. The van der Waals surface area contributed by atoms with Crippen molar-refractivity contribution in [2.24, 2.45) is 10.4 Å². The zero-order valence-corrected chi connectivity index (χ0v) is 15.9. The van der Waals surface area contributed by atoms with E-state index in [4.69, 9.17) is 0 Å². The van der Waals surface area contributed by atoms with Crippen molar-refractivity contribution < 1.29 is 0 Å². The van der Waals surface area contributed by atoms with Crippen molar-refractivity contribution in [3.8, 4) is 0 Å². The Morgan fingerprint density at radius 1 is 1.21 bits per heavy atom. The second kappa shape index (κ2) is 8.83. The smallest absolute Gasteiger partial charge is 0.191 e. The summed E-state index contributed by atoms with van der Waals surface area (Å²) >= 11 is 1.70. The molecule has 1 heterocycles. The van der Waals surface area contributed by atoms with Crippen LogP contribution in [0.3, 0.4) is 0 Å². The molecular weight excluding hydrogens is 316 g/mol. The summed E-state index contributed by atoms with van der Waals surface area (Å²) in [5.41, 5.74) is 2.67. The van der Waals surface area contributed by atoms with Crippen molar-refractivity contribution in [2.75, 3.05) is 20.1 Å². The molecule has 2 aromatic rings. The van der Waals surface area contributed by atoms with Crippen LogP contribution >= 0.6 is 11.3 Å². The van der Waals surface area contributed by atoms with E-state index in [1.807, 2.05) is 14.0 Å². The molecule has 4 nitrogen and oxygen atoms in total. The predicted molar refractivity (Wildman–Crippen MR) is 104 cm³/mol. The van der Waals surface area contributed by atoms with Crippen molar-refractivity contribution in [1.29, 1.82) is 0 Å². The minimum Gasteiger partial charge on any atom is -0.356 e. The van der Waals surface area contributed by atoms with E-state index >= 15 is 0 Å². The normalized spacial score (nSPS) is 12.2. The number of guanidine groups is 1. The van der Waals surface area contributed by atoms with E-state index in [1.54, 1.807) is 11.3 Å². The first-order chi connectivity index (χ1) is 11.5. The molecule has 0 fully saturated rings. The second-order valence-electron chi connectivity index (χ2n) is 6.79. The largest absolute Gasteiger partial charge is 0.356 e. The van der Waals surface area contributed by atoms with Crippen LogP contribution < -0.4 is 10.6 Å². The Kier molecular flexibility index (Phi) is 6.79. The van der Waals surface area contributed by atoms with Gasteiger partial charge in [0.25, 0.3) is 0 Å². The topological polar surface area (TPSA) is 49.3 Å². The molecule has 0 radical (unpaired) electrons. The van der Waals surface area contributed by atoms with Crippen LogP contribution in [0.25, 0.3) is 0 Å². The number of hydrogen-bond acceptors (Lipinski definition) is 3. The van der Waals surface area contributed by atoms with Crippen LogP contribution in [0, 0.1) is 12.3 Å². The van der Waals surface area contributed by atoms with Crippen molar-refractivity contribution >= 4 is 17.3 Å². The van der Waals surface area contributed by atoms with Gasteiger partial charge in [0.1, 0.15) is 0 Å². The third kappa shape index (κ3) is 6.32. The van der Waals surface area contributed by atoms with E-state index in [2.05, 4.69) is 70.2 Å². The lowest BCUT2D eigenvalue weighted by atomic mass is 9.86. The summed E-state index contributed by atoms with van der Waals surface area (Å²) in [5, 5.41) is 10.1. The number of hydrogen-bond donors (Lipinski definition) is 2. The van der Waals surface area contributed by atoms with Crippen molar-refractivity contribution in [3.05, 3.63) is 52.0 Å². The Bertz CT molecular complexity index is 646. The summed E-state index contributed by atoms with van der Waals surface area (Å²) in [5.74, 6) is 0.850. The Hall–Kier alpha value is -1.88. The number of nitrogens with one attached hydrogen (secondary N) is 2. The summed E-state index contributed by atoms with van der Waals surface area (Å²) in [6.45, 7) is 8.30. The lowest BCUT2D eigenvalue weighted by Gasteiger charge is -2.26. The van der Waals surface area contributed by atoms with E-state index < -0.39 is 0 Å². The highest BCUT2D eigenvalue weighted by Gasteiger charge is 2.18. The molecule has 0 amide bonds. The van der Waals surface area contributed by atoms with Crippen LogP contribution in [0.5, 0.6) is 0 Å². The number of aromatic nitrogens is 1. The first kappa shape index (κ1) is 18.5. The van der Waals surface area contributed by atoms with Crippen LogP contribution in [0.4, 0.5) is 0 Å². The van der Waals surface area contributed by atoms with E-state index in [0.29, 0.717) is 0 Å². The van der Waals surface area contributed by atoms with Gasteiger partial charge in [0.15, 0.2) is 5.96 Å². The predicted octanol–water partition coefficient (Wildman–Crippen LogP) is 3.43. The molecule has 0 saturated carbocycles. The fourth-order valence-corrected chi connectivity index (χ4v) is 3.23. The molecule has 0 aliphatic carbocycles. The van der Waals surface area contributed by atoms with Gasteiger partial charge >= 0.3 is 0 Å². The van der Waals surface area contributed by atoms with Crippen LogP contribution in [0.15, 0.2) is 40.7 Å². The molecule has 0 spiro atoms. The van der Waals surface area contributed by atoms with Crippen molar-refractivity contribution in [1.82, 2.24) is 15.6 Å². The molecule has 0 atom stereocenters. The summed E-state index contributed by atoms with van der Waals surface area (Å²) in [4.78, 5) is 8.79. The monoisotopic (exact) mass is 344 g/mol. The number of thiazole rings is 1. The van der Waals surface area contributed by atoms with Crippen molar-refractivity contribution in [3.63, 3.8) is 0 Å². The molecule has 130 valence electrons. The molecular formula is C19H28N4S. The van der Waals surface area contributed by atoms with Gasteiger partial charge in [-0.2, -0.15) is 0 Å². The summed E-state index contributed by atoms with van der Waals surface area (Å²) in [7, 11) is 1.81. The average Bonchev–Trinajstić information content (AvgIpc) is 2.96. The fraction of sp³-hybridized carbons (Fsp3) is 0.474. The highest BCUT2D eigenvalue weighted by molar-refractivity contribution is 7.09. The lowest BCUT2D eigenvalue weighted by molar-refractivity contribution is 0.359. The van der Waals surface area contributed by atoms with Crippen LogP contribution in [0.2, 0.25) is 0 Å². The third-order valence-electron chi connectivity index (χ3n) is 3.82. The molecule has 0 unspecified atom stereocenters. The SMILES string of the molecule is CN=C(NCCc1csc(C)n1)NCC(C)(C)Cc1ccccc1. The maximum absolute atomic E-state index is 4.48. The van der Waals surface area contributed by atoms with Crippen LogP contribution in [-0.4, -0.2) is 31.1 Å². The maximum Gasteiger partial charge on any atom is 0.191 e. The minimum absolute atomic E-state index is 0.158. The quantitative estimate of drug-likeness (QED) is 0.598. The first-order valence-electron chi connectivity index (χ1n) is 8.38. The van der Waals surface area contributed by atoms with E-state index in [9.17, 15) is 0 Å². The third-order valence-corrected chi connectivity index (χ3v) is 4.65. The van der Waals surface area contributed by atoms with Gasteiger partial charge in [-0.15, -0.1) is 11.3 Å². The highest BCUT2D eigenvalue weighted by Crippen LogP contribution is 2.20. The lowest BCUT2D eigenvalue weighted by Crippen LogP contribution is -2.43.